The van der Waals surface area contributed by atoms with E-state index in [-0.39, 0.29) is 0 Å². The van der Waals surface area contributed by atoms with Crippen LogP contribution in [0.15, 0.2) is 12.2 Å². The van der Waals surface area contributed by atoms with Crippen LogP contribution >= 0.6 is 0 Å². The van der Waals surface area contributed by atoms with Crippen LogP contribution in [-0.2, 0) is 14.8 Å². The Morgan fingerprint density at radius 1 is 1.54 bits per heavy atom. The van der Waals surface area contributed by atoms with Crippen molar-refractivity contribution in [3.63, 3.8) is 0 Å². The van der Waals surface area contributed by atoms with Crippen molar-refractivity contribution in [1.82, 2.24) is 10.0 Å². The summed E-state index contributed by atoms with van der Waals surface area (Å²) in [6.07, 6.45) is 3.91. The zero-order chi connectivity index (χ0) is 9.90. The van der Waals surface area contributed by atoms with Gasteiger partial charge in [0.15, 0.2) is 0 Å². The summed E-state index contributed by atoms with van der Waals surface area (Å²) in [4.78, 5) is 10.9. The van der Waals surface area contributed by atoms with E-state index in [9.17, 15) is 13.2 Å². The van der Waals surface area contributed by atoms with Gasteiger partial charge in [-0.05, 0) is 0 Å². The number of hydrogen-bond acceptors (Lipinski definition) is 4. The average molecular weight is 204 g/mol. The molecule has 1 saturated heterocycles. The van der Waals surface area contributed by atoms with E-state index in [0.717, 1.165) is 19.3 Å². The number of carbonyl (C=O) groups excluding carboxylic acids is 1. The number of nitrogens with one attached hydrogen (secondary N) is 2. The Morgan fingerprint density at radius 2 is 2.15 bits per heavy atom. The molecule has 1 amide bonds. The van der Waals surface area contributed by atoms with E-state index >= 15 is 0 Å². The first kappa shape index (κ1) is 10.2. The molecule has 1 aliphatic heterocycles. The van der Waals surface area contributed by atoms with E-state index in [4.69, 9.17) is 0 Å². The van der Waals surface area contributed by atoms with Crippen molar-refractivity contribution in [1.29, 1.82) is 0 Å². The normalized spacial score (nSPS) is 18.5. The highest BCUT2D eigenvalue weighted by Gasteiger charge is 2.13. The van der Waals surface area contributed by atoms with E-state index in [2.05, 4.69) is 5.32 Å². The van der Waals surface area contributed by atoms with Crippen LogP contribution < -0.4 is 10.0 Å². The molecule has 0 atom stereocenters. The molecule has 0 aromatic heterocycles. The number of sulfonamides is 1. The van der Waals surface area contributed by atoms with Gasteiger partial charge in [-0.3, -0.25) is 4.79 Å². The quantitative estimate of drug-likeness (QED) is 0.568. The van der Waals surface area contributed by atoms with Crippen molar-refractivity contribution in [3.05, 3.63) is 12.2 Å². The highest BCUT2D eigenvalue weighted by atomic mass is 32.2. The van der Waals surface area contributed by atoms with Crippen LogP contribution in [0.25, 0.3) is 0 Å². The van der Waals surface area contributed by atoms with E-state index in [0.29, 0.717) is 5.92 Å². The Bertz CT molecular complexity index is 317. The molecule has 0 unspecified atom stereocenters. The second-order valence-electron chi connectivity index (χ2n) is 3.02. The summed E-state index contributed by atoms with van der Waals surface area (Å²) in [7, 11) is -3.43. The van der Waals surface area contributed by atoms with Crippen molar-refractivity contribution in [2.75, 3.05) is 19.3 Å². The van der Waals surface area contributed by atoms with Crippen LogP contribution in [0.5, 0.6) is 0 Å². The minimum Gasteiger partial charge on any atom is -0.315 e. The number of carbonyl (C=O) groups is 1. The molecule has 13 heavy (non-hydrogen) atoms. The van der Waals surface area contributed by atoms with Gasteiger partial charge in [0.1, 0.15) is 0 Å². The molecule has 5 nitrogen and oxygen atoms in total. The van der Waals surface area contributed by atoms with Gasteiger partial charge in [-0.25, -0.2) is 13.1 Å². The fourth-order valence-corrected chi connectivity index (χ4v) is 1.32. The molecule has 0 aromatic rings. The predicted octanol–water partition coefficient (Wildman–Crippen LogP) is -1.16. The highest BCUT2D eigenvalue weighted by molar-refractivity contribution is 7.89. The molecule has 0 saturated carbocycles. The Hall–Kier alpha value is -0.880. The van der Waals surface area contributed by atoms with Crippen molar-refractivity contribution >= 4 is 15.9 Å². The summed E-state index contributed by atoms with van der Waals surface area (Å²) in [5.74, 6) is -0.236. The summed E-state index contributed by atoms with van der Waals surface area (Å²) < 4.78 is 23.0. The van der Waals surface area contributed by atoms with Crippen LogP contribution in [0.2, 0.25) is 0 Å². The minimum atomic E-state index is -3.43. The van der Waals surface area contributed by atoms with Gasteiger partial charge in [-0.15, -0.1) is 0 Å². The van der Waals surface area contributed by atoms with Gasteiger partial charge in [0.05, 0.1) is 6.26 Å². The fraction of sp³-hybridized carbons (Fsp3) is 0.571. The molecule has 1 fully saturated rings. The average Bonchev–Trinajstić information content (AvgIpc) is 1.78. The molecule has 1 heterocycles. The maximum Gasteiger partial charge on any atom is 0.257 e. The first-order valence-electron chi connectivity index (χ1n) is 3.88. The van der Waals surface area contributed by atoms with Crippen LogP contribution in [0, 0.1) is 5.92 Å². The fourth-order valence-electron chi connectivity index (χ4n) is 0.887. The molecule has 1 aliphatic rings. The topological polar surface area (TPSA) is 75.3 Å². The lowest BCUT2D eigenvalue weighted by Crippen LogP contribution is -2.40. The molecule has 1 rings (SSSR count). The monoisotopic (exact) mass is 204 g/mol. The second kappa shape index (κ2) is 3.89. The van der Waals surface area contributed by atoms with Crippen molar-refractivity contribution in [3.8, 4) is 0 Å². The first-order valence-corrected chi connectivity index (χ1v) is 5.77. The van der Waals surface area contributed by atoms with E-state index in [1.165, 1.54) is 6.08 Å². The third-order valence-electron chi connectivity index (χ3n) is 1.62. The van der Waals surface area contributed by atoms with Gasteiger partial charge in [0, 0.05) is 25.1 Å². The lowest BCUT2D eigenvalue weighted by atomic mass is 10.0. The second-order valence-corrected chi connectivity index (χ2v) is 4.76. The third kappa shape index (κ3) is 4.05. The third-order valence-corrected chi connectivity index (χ3v) is 2.19. The summed E-state index contributed by atoms with van der Waals surface area (Å²) in [6, 6.07) is 0. The van der Waals surface area contributed by atoms with Gasteiger partial charge in [-0.2, -0.15) is 0 Å². The molecule has 74 valence electrons. The van der Waals surface area contributed by atoms with Crippen molar-refractivity contribution in [2.24, 2.45) is 5.92 Å². The van der Waals surface area contributed by atoms with Gasteiger partial charge in [0.2, 0.25) is 10.0 Å². The zero-order valence-corrected chi connectivity index (χ0v) is 8.10. The number of rotatable bonds is 3. The Labute approximate surface area is 77.3 Å². The van der Waals surface area contributed by atoms with Crippen molar-refractivity contribution < 1.29 is 13.2 Å². The predicted molar refractivity (Wildman–Crippen MR) is 48.5 cm³/mol. The maximum absolute atomic E-state index is 10.9. The van der Waals surface area contributed by atoms with Gasteiger partial charge in [0.25, 0.3) is 5.91 Å². The molecular formula is C7H12N2O3S. The standard InChI is InChI=1S/C7H12N2O3S/c1-13(11,12)9-7(10)3-2-6-4-8-5-6/h2-3,6,8H,4-5H2,1H3,(H,9,10). The largest absolute Gasteiger partial charge is 0.315 e. The summed E-state index contributed by atoms with van der Waals surface area (Å²) in [5, 5.41) is 3.03. The molecule has 0 bridgehead atoms. The van der Waals surface area contributed by atoms with E-state index in [1.54, 1.807) is 6.08 Å². The van der Waals surface area contributed by atoms with Gasteiger partial charge in [-0.1, -0.05) is 6.08 Å². The van der Waals surface area contributed by atoms with Crippen LogP contribution in [0.1, 0.15) is 0 Å². The maximum atomic E-state index is 10.9. The summed E-state index contributed by atoms with van der Waals surface area (Å²) in [5.41, 5.74) is 0. The molecular weight excluding hydrogens is 192 g/mol. The minimum absolute atomic E-state index is 0.352. The Balaban J connectivity index is 2.36. The summed E-state index contributed by atoms with van der Waals surface area (Å²) >= 11 is 0. The summed E-state index contributed by atoms with van der Waals surface area (Å²) in [6.45, 7) is 1.70. The smallest absolute Gasteiger partial charge is 0.257 e. The Morgan fingerprint density at radius 3 is 2.54 bits per heavy atom. The van der Waals surface area contributed by atoms with Crippen LogP contribution in [-0.4, -0.2) is 33.7 Å². The number of amides is 1. The van der Waals surface area contributed by atoms with Crippen molar-refractivity contribution in [2.45, 2.75) is 0 Å². The van der Waals surface area contributed by atoms with Gasteiger partial charge < -0.3 is 5.32 Å². The van der Waals surface area contributed by atoms with E-state index in [1.807, 2.05) is 4.72 Å². The van der Waals surface area contributed by atoms with Gasteiger partial charge >= 0.3 is 0 Å². The Kier molecular flexibility index (Phi) is 3.05. The molecule has 0 aromatic carbocycles. The zero-order valence-electron chi connectivity index (χ0n) is 7.28. The molecule has 0 aliphatic carbocycles. The lowest BCUT2D eigenvalue weighted by molar-refractivity contribution is -0.114. The molecule has 0 spiro atoms. The molecule has 2 N–H and O–H groups in total. The van der Waals surface area contributed by atoms with Crippen LogP contribution in [0.3, 0.4) is 0 Å². The SMILES string of the molecule is CS(=O)(=O)NC(=O)C=CC1CNC1. The molecule has 0 radical (unpaired) electrons. The van der Waals surface area contributed by atoms with E-state index < -0.39 is 15.9 Å². The first-order chi connectivity index (χ1) is 5.97. The molecule has 6 heteroatoms. The lowest BCUT2D eigenvalue weighted by Gasteiger charge is -2.23. The number of hydrogen-bond donors (Lipinski definition) is 2. The highest BCUT2D eigenvalue weighted by Crippen LogP contribution is 2.03. The van der Waals surface area contributed by atoms with Crippen LogP contribution in [0.4, 0.5) is 0 Å².